The molecule has 0 spiro atoms. The van der Waals surface area contributed by atoms with E-state index in [0.717, 1.165) is 12.1 Å². The number of benzene rings is 2. The lowest BCUT2D eigenvalue weighted by atomic mass is 10.1. The molecule has 0 atom stereocenters. The predicted octanol–water partition coefficient (Wildman–Crippen LogP) is 3.63. The fourth-order valence-corrected chi connectivity index (χ4v) is 4.40. The van der Waals surface area contributed by atoms with Crippen molar-refractivity contribution in [1.29, 1.82) is 0 Å². The molecule has 2 amide bonds. The highest BCUT2D eigenvalue weighted by Gasteiger charge is 2.29. The Kier molecular flexibility index (Phi) is 6.97. The molecule has 1 saturated heterocycles. The highest BCUT2D eigenvalue weighted by atomic mass is 32.2. The van der Waals surface area contributed by atoms with Crippen molar-refractivity contribution in [2.45, 2.75) is 38.2 Å². The molecule has 2 aromatic carbocycles. The first-order chi connectivity index (χ1) is 15.4. The Labute approximate surface area is 193 Å². The highest BCUT2D eigenvalue weighted by molar-refractivity contribution is 7.92. The molecule has 1 N–H and O–H groups in total. The number of nitrogens with zero attached hydrogens (tertiary/aromatic N) is 2. The number of amides is 2. The third-order valence-electron chi connectivity index (χ3n) is 5.06. The van der Waals surface area contributed by atoms with Crippen LogP contribution in [-0.2, 0) is 14.8 Å². The van der Waals surface area contributed by atoms with Crippen LogP contribution in [-0.4, -0.2) is 62.0 Å². The Morgan fingerprint density at radius 3 is 2.12 bits per heavy atom. The number of aryl methyl sites for hydroxylation is 1. The molecule has 178 valence electrons. The monoisotopic (exact) mass is 477 g/mol. The fraction of sp³-hybridized carbons (Fsp3) is 0.391. The smallest absolute Gasteiger partial charge is 0.410 e. The standard InChI is InChI=1S/C23H28FN3O5S/c1-16-5-10-19(33(30,31)25-18-8-6-17(24)7-9-18)15-20(16)21(28)26-11-13-27(14-12-26)22(29)32-23(2,3)4/h5-10,15,25H,11-14H2,1-4H3. The van der Waals surface area contributed by atoms with E-state index in [0.29, 0.717) is 31.7 Å². The van der Waals surface area contributed by atoms with Gasteiger partial charge < -0.3 is 14.5 Å². The minimum absolute atomic E-state index is 0.0758. The second kappa shape index (κ2) is 9.38. The van der Waals surface area contributed by atoms with Crippen LogP contribution < -0.4 is 4.72 Å². The second-order valence-electron chi connectivity index (χ2n) is 8.85. The van der Waals surface area contributed by atoms with Gasteiger partial charge in [-0.2, -0.15) is 0 Å². The lowest BCUT2D eigenvalue weighted by molar-refractivity contribution is 0.0140. The summed E-state index contributed by atoms with van der Waals surface area (Å²) in [6.07, 6.45) is -0.425. The van der Waals surface area contributed by atoms with Crippen LogP contribution in [0, 0.1) is 12.7 Å². The Hall–Kier alpha value is -3.14. The minimum Gasteiger partial charge on any atom is -0.444 e. The number of hydrogen-bond acceptors (Lipinski definition) is 5. The summed E-state index contributed by atoms with van der Waals surface area (Å²) < 4.78 is 46.4. The Bertz CT molecular complexity index is 1140. The number of rotatable bonds is 4. The first-order valence-electron chi connectivity index (χ1n) is 10.5. The first kappa shape index (κ1) is 24.5. The Balaban J connectivity index is 1.72. The average Bonchev–Trinajstić information content (AvgIpc) is 2.74. The molecule has 8 nitrogen and oxygen atoms in total. The van der Waals surface area contributed by atoms with E-state index < -0.39 is 27.5 Å². The zero-order valence-corrected chi connectivity index (χ0v) is 19.9. The van der Waals surface area contributed by atoms with Gasteiger partial charge in [0.25, 0.3) is 15.9 Å². The molecular formula is C23H28FN3O5S. The van der Waals surface area contributed by atoms with Gasteiger partial charge in [0.1, 0.15) is 11.4 Å². The zero-order chi connectivity index (χ0) is 24.4. The molecule has 0 radical (unpaired) electrons. The molecule has 2 aromatic rings. The third-order valence-corrected chi connectivity index (χ3v) is 6.44. The van der Waals surface area contributed by atoms with E-state index in [4.69, 9.17) is 4.74 Å². The maximum atomic E-state index is 13.1. The number of carbonyl (C=O) groups is 2. The van der Waals surface area contributed by atoms with Gasteiger partial charge in [0.2, 0.25) is 0 Å². The number of carbonyl (C=O) groups excluding carboxylic acids is 2. The zero-order valence-electron chi connectivity index (χ0n) is 19.1. The molecule has 33 heavy (non-hydrogen) atoms. The van der Waals surface area contributed by atoms with Crippen LogP contribution in [0.15, 0.2) is 47.4 Å². The summed E-state index contributed by atoms with van der Waals surface area (Å²) in [7, 11) is -3.98. The van der Waals surface area contributed by atoms with Crippen molar-refractivity contribution in [3.63, 3.8) is 0 Å². The Morgan fingerprint density at radius 2 is 1.55 bits per heavy atom. The Morgan fingerprint density at radius 1 is 0.970 bits per heavy atom. The van der Waals surface area contributed by atoms with E-state index in [2.05, 4.69) is 4.72 Å². The number of sulfonamides is 1. The fourth-order valence-electron chi connectivity index (χ4n) is 3.32. The molecule has 0 aliphatic carbocycles. The van der Waals surface area contributed by atoms with Crippen molar-refractivity contribution in [2.75, 3.05) is 30.9 Å². The summed E-state index contributed by atoms with van der Waals surface area (Å²) in [5.41, 5.74) is 0.510. The molecule has 0 bridgehead atoms. The lowest BCUT2D eigenvalue weighted by Crippen LogP contribution is -2.51. The minimum atomic E-state index is -3.98. The van der Waals surface area contributed by atoms with E-state index in [9.17, 15) is 22.4 Å². The van der Waals surface area contributed by atoms with Crippen molar-refractivity contribution in [2.24, 2.45) is 0 Å². The van der Waals surface area contributed by atoms with Gasteiger partial charge in [0.05, 0.1) is 4.90 Å². The van der Waals surface area contributed by atoms with E-state index in [1.54, 1.807) is 43.6 Å². The summed E-state index contributed by atoms with van der Waals surface area (Å²) in [5, 5.41) is 0. The highest BCUT2D eigenvalue weighted by Crippen LogP contribution is 2.22. The summed E-state index contributed by atoms with van der Waals surface area (Å²) in [4.78, 5) is 28.4. The van der Waals surface area contributed by atoms with Gasteiger partial charge in [0, 0.05) is 37.4 Å². The third kappa shape index (κ3) is 6.22. The maximum Gasteiger partial charge on any atom is 0.410 e. The van der Waals surface area contributed by atoms with E-state index in [-0.39, 0.29) is 22.1 Å². The summed E-state index contributed by atoms with van der Waals surface area (Å²) in [5.74, 6) is -0.789. The van der Waals surface area contributed by atoms with Gasteiger partial charge in [-0.25, -0.2) is 17.6 Å². The molecule has 3 rings (SSSR count). The number of hydrogen-bond donors (Lipinski definition) is 1. The first-order valence-corrected chi connectivity index (χ1v) is 12.0. The van der Waals surface area contributed by atoms with Crippen LogP contribution in [0.25, 0.3) is 0 Å². The molecule has 1 heterocycles. The summed E-state index contributed by atoms with van der Waals surface area (Å²) in [6.45, 7) is 8.37. The largest absolute Gasteiger partial charge is 0.444 e. The number of anilines is 1. The maximum absolute atomic E-state index is 13.1. The lowest BCUT2D eigenvalue weighted by Gasteiger charge is -2.35. The normalized spacial score (nSPS) is 14.7. The van der Waals surface area contributed by atoms with E-state index in [1.807, 2.05) is 0 Å². The van der Waals surface area contributed by atoms with Gasteiger partial charge in [-0.15, -0.1) is 0 Å². The topological polar surface area (TPSA) is 96.0 Å². The SMILES string of the molecule is Cc1ccc(S(=O)(=O)Nc2ccc(F)cc2)cc1C(=O)N1CCN(C(=O)OC(C)(C)C)CC1. The summed E-state index contributed by atoms with van der Waals surface area (Å²) in [6, 6.07) is 9.26. The van der Waals surface area contributed by atoms with E-state index >= 15 is 0 Å². The van der Waals surface area contributed by atoms with Crippen LogP contribution in [0.5, 0.6) is 0 Å². The van der Waals surface area contributed by atoms with Crippen molar-refractivity contribution in [3.05, 3.63) is 59.4 Å². The van der Waals surface area contributed by atoms with Gasteiger partial charge in [-0.05, 0) is 69.7 Å². The van der Waals surface area contributed by atoms with E-state index in [1.165, 1.54) is 24.3 Å². The number of ether oxygens (including phenoxy) is 1. The molecule has 10 heteroatoms. The van der Waals surface area contributed by atoms with Crippen molar-refractivity contribution in [1.82, 2.24) is 9.80 Å². The number of piperazine rings is 1. The van der Waals surface area contributed by atoms with Crippen LogP contribution in [0.1, 0.15) is 36.7 Å². The molecule has 0 saturated carbocycles. The predicted molar refractivity (Wildman–Crippen MR) is 122 cm³/mol. The molecule has 0 aromatic heterocycles. The van der Waals surface area contributed by atoms with Crippen molar-refractivity contribution < 1.29 is 27.1 Å². The molecule has 1 fully saturated rings. The second-order valence-corrected chi connectivity index (χ2v) is 10.5. The van der Waals surface area contributed by atoms with Crippen LogP contribution in [0.3, 0.4) is 0 Å². The van der Waals surface area contributed by atoms with Crippen molar-refractivity contribution >= 4 is 27.7 Å². The van der Waals surface area contributed by atoms with Gasteiger partial charge >= 0.3 is 6.09 Å². The van der Waals surface area contributed by atoms with Crippen LogP contribution in [0.2, 0.25) is 0 Å². The number of nitrogens with one attached hydrogen (secondary N) is 1. The molecule has 0 unspecified atom stereocenters. The molecule has 1 aliphatic heterocycles. The molecule has 1 aliphatic rings. The average molecular weight is 478 g/mol. The quantitative estimate of drug-likeness (QED) is 0.726. The summed E-state index contributed by atoms with van der Waals surface area (Å²) >= 11 is 0. The molecular weight excluding hydrogens is 449 g/mol. The van der Waals surface area contributed by atoms with Gasteiger partial charge in [0.15, 0.2) is 0 Å². The van der Waals surface area contributed by atoms with Crippen LogP contribution >= 0.6 is 0 Å². The van der Waals surface area contributed by atoms with Crippen molar-refractivity contribution in [3.8, 4) is 0 Å². The number of halogens is 1. The van der Waals surface area contributed by atoms with Gasteiger partial charge in [-0.3, -0.25) is 9.52 Å². The van der Waals surface area contributed by atoms with Gasteiger partial charge in [-0.1, -0.05) is 6.07 Å². The van der Waals surface area contributed by atoms with Crippen LogP contribution in [0.4, 0.5) is 14.9 Å².